The van der Waals surface area contributed by atoms with E-state index in [1.807, 2.05) is 0 Å². The SMILES string of the molecule is CCC(CCO)CNC(=O)c1cc(OC)cs1. The van der Waals surface area contributed by atoms with Gasteiger partial charge in [-0.05, 0) is 12.3 Å². The van der Waals surface area contributed by atoms with Gasteiger partial charge in [-0.2, -0.15) is 0 Å². The smallest absolute Gasteiger partial charge is 0.261 e. The van der Waals surface area contributed by atoms with Crippen molar-refractivity contribution >= 4 is 17.2 Å². The minimum absolute atomic E-state index is 0.0744. The zero-order valence-corrected chi connectivity index (χ0v) is 11.0. The second kappa shape index (κ2) is 7.29. The van der Waals surface area contributed by atoms with Crippen LogP contribution in [0.15, 0.2) is 11.4 Å². The lowest BCUT2D eigenvalue weighted by Crippen LogP contribution is -2.28. The lowest BCUT2D eigenvalue weighted by molar-refractivity contribution is 0.0947. The number of aliphatic hydroxyl groups is 1. The summed E-state index contributed by atoms with van der Waals surface area (Å²) >= 11 is 1.37. The van der Waals surface area contributed by atoms with E-state index in [2.05, 4.69) is 12.2 Å². The molecule has 0 saturated carbocycles. The zero-order chi connectivity index (χ0) is 12.7. The number of carbonyl (C=O) groups is 1. The highest BCUT2D eigenvalue weighted by Crippen LogP contribution is 2.20. The molecule has 1 unspecified atom stereocenters. The van der Waals surface area contributed by atoms with Gasteiger partial charge in [-0.15, -0.1) is 11.3 Å². The Morgan fingerprint density at radius 2 is 2.41 bits per heavy atom. The van der Waals surface area contributed by atoms with Crippen LogP contribution < -0.4 is 10.1 Å². The van der Waals surface area contributed by atoms with E-state index in [0.717, 1.165) is 12.8 Å². The highest BCUT2D eigenvalue weighted by atomic mass is 32.1. The van der Waals surface area contributed by atoms with Gasteiger partial charge in [-0.1, -0.05) is 13.3 Å². The lowest BCUT2D eigenvalue weighted by atomic mass is 10.0. The number of hydrogen-bond acceptors (Lipinski definition) is 4. The van der Waals surface area contributed by atoms with E-state index in [1.165, 1.54) is 11.3 Å². The van der Waals surface area contributed by atoms with E-state index >= 15 is 0 Å². The molecule has 1 heterocycles. The first-order valence-corrected chi connectivity index (χ1v) is 6.60. The van der Waals surface area contributed by atoms with Crippen molar-refractivity contribution in [3.8, 4) is 5.75 Å². The fourth-order valence-electron chi connectivity index (χ4n) is 1.50. The highest BCUT2D eigenvalue weighted by molar-refractivity contribution is 7.12. The summed E-state index contributed by atoms with van der Waals surface area (Å²) in [6.07, 6.45) is 1.68. The van der Waals surface area contributed by atoms with Crippen molar-refractivity contribution in [3.63, 3.8) is 0 Å². The molecule has 0 radical (unpaired) electrons. The molecule has 0 aromatic carbocycles. The molecule has 2 N–H and O–H groups in total. The van der Waals surface area contributed by atoms with Gasteiger partial charge in [-0.25, -0.2) is 0 Å². The van der Waals surface area contributed by atoms with Crippen molar-refractivity contribution < 1.29 is 14.6 Å². The van der Waals surface area contributed by atoms with Gasteiger partial charge in [0.05, 0.1) is 12.0 Å². The fourth-order valence-corrected chi connectivity index (χ4v) is 2.27. The molecule has 1 amide bonds. The van der Waals surface area contributed by atoms with Crippen LogP contribution in [0.1, 0.15) is 29.4 Å². The number of thiophene rings is 1. The topological polar surface area (TPSA) is 58.6 Å². The first-order chi connectivity index (χ1) is 8.21. The van der Waals surface area contributed by atoms with Crippen molar-refractivity contribution in [1.29, 1.82) is 0 Å². The van der Waals surface area contributed by atoms with Gasteiger partial charge in [0, 0.05) is 24.6 Å². The Bertz CT molecular complexity index is 351. The Labute approximate surface area is 106 Å². The number of nitrogens with one attached hydrogen (secondary N) is 1. The molecule has 4 nitrogen and oxygen atoms in total. The van der Waals surface area contributed by atoms with Crippen LogP contribution in [0.4, 0.5) is 0 Å². The average molecular weight is 257 g/mol. The van der Waals surface area contributed by atoms with E-state index in [1.54, 1.807) is 18.6 Å². The van der Waals surface area contributed by atoms with Crippen molar-refractivity contribution in [2.24, 2.45) is 5.92 Å². The largest absolute Gasteiger partial charge is 0.496 e. The number of hydrogen-bond donors (Lipinski definition) is 2. The van der Waals surface area contributed by atoms with E-state index in [9.17, 15) is 4.79 Å². The normalized spacial score (nSPS) is 12.2. The minimum atomic E-state index is -0.0744. The second-order valence-corrected chi connectivity index (χ2v) is 4.76. The molecule has 96 valence electrons. The van der Waals surface area contributed by atoms with Gasteiger partial charge in [0.15, 0.2) is 0 Å². The maximum absolute atomic E-state index is 11.8. The summed E-state index contributed by atoms with van der Waals surface area (Å²) in [6.45, 7) is 2.83. The Morgan fingerprint density at radius 3 is 2.94 bits per heavy atom. The molecule has 1 atom stereocenters. The molecule has 0 fully saturated rings. The third-order valence-corrected chi connectivity index (χ3v) is 3.61. The van der Waals surface area contributed by atoms with Gasteiger partial charge in [0.2, 0.25) is 0 Å². The van der Waals surface area contributed by atoms with Crippen LogP contribution in [0.5, 0.6) is 5.75 Å². The fraction of sp³-hybridized carbons (Fsp3) is 0.583. The van der Waals surface area contributed by atoms with Crippen molar-refractivity contribution in [2.75, 3.05) is 20.3 Å². The third kappa shape index (κ3) is 4.36. The molecular weight excluding hydrogens is 238 g/mol. The van der Waals surface area contributed by atoms with Crippen LogP contribution in [0.25, 0.3) is 0 Å². The third-order valence-electron chi connectivity index (χ3n) is 2.70. The van der Waals surface area contributed by atoms with E-state index in [4.69, 9.17) is 9.84 Å². The highest BCUT2D eigenvalue weighted by Gasteiger charge is 2.11. The predicted octanol–water partition coefficient (Wildman–Crippen LogP) is 1.90. The summed E-state index contributed by atoms with van der Waals surface area (Å²) in [6, 6.07) is 1.73. The predicted molar refractivity (Wildman–Crippen MR) is 68.7 cm³/mol. The molecule has 0 spiro atoms. The Morgan fingerprint density at radius 1 is 1.65 bits per heavy atom. The number of carbonyl (C=O) groups excluding carboxylic acids is 1. The van der Waals surface area contributed by atoms with Gasteiger partial charge < -0.3 is 15.2 Å². The molecule has 0 saturated heterocycles. The van der Waals surface area contributed by atoms with Gasteiger partial charge in [-0.3, -0.25) is 4.79 Å². The Hall–Kier alpha value is -1.07. The van der Waals surface area contributed by atoms with Crippen LogP contribution in [0, 0.1) is 5.92 Å². The maximum atomic E-state index is 11.8. The number of aliphatic hydroxyl groups excluding tert-OH is 1. The van der Waals surface area contributed by atoms with E-state index in [-0.39, 0.29) is 12.5 Å². The average Bonchev–Trinajstić information content (AvgIpc) is 2.82. The molecule has 1 rings (SSSR count). The lowest BCUT2D eigenvalue weighted by Gasteiger charge is -2.13. The summed E-state index contributed by atoms with van der Waals surface area (Å²) < 4.78 is 5.03. The second-order valence-electron chi connectivity index (χ2n) is 3.85. The molecule has 5 heteroatoms. The molecule has 1 aromatic heterocycles. The monoisotopic (exact) mass is 257 g/mol. The number of ether oxygens (including phenoxy) is 1. The summed E-state index contributed by atoms with van der Waals surface area (Å²) in [4.78, 5) is 12.4. The van der Waals surface area contributed by atoms with E-state index < -0.39 is 0 Å². The Kier molecular flexibility index (Phi) is 6.00. The first-order valence-electron chi connectivity index (χ1n) is 5.72. The Balaban J connectivity index is 2.43. The van der Waals surface area contributed by atoms with Crippen LogP contribution in [0.3, 0.4) is 0 Å². The maximum Gasteiger partial charge on any atom is 0.261 e. The zero-order valence-electron chi connectivity index (χ0n) is 10.2. The quantitative estimate of drug-likeness (QED) is 0.784. The van der Waals surface area contributed by atoms with E-state index in [0.29, 0.717) is 23.1 Å². The van der Waals surface area contributed by atoms with Crippen LogP contribution >= 0.6 is 11.3 Å². The number of methoxy groups -OCH3 is 1. The summed E-state index contributed by atoms with van der Waals surface area (Å²) in [7, 11) is 1.58. The van der Waals surface area contributed by atoms with Crippen LogP contribution in [0.2, 0.25) is 0 Å². The molecule has 17 heavy (non-hydrogen) atoms. The van der Waals surface area contributed by atoms with Crippen LogP contribution in [-0.2, 0) is 0 Å². The van der Waals surface area contributed by atoms with Crippen LogP contribution in [-0.4, -0.2) is 31.3 Å². The van der Waals surface area contributed by atoms with Crippen molar-refractivity contribution in [2.45, 2.75) is 19.8 Å². The van der Waals surface area contributed by atoms with Gasteiger partial charge >= 0.3 is 0 Å². The standard InChI is InChI=1S/C12H19NO3S/c1-3-9(4-5-14)7-13-12(15)11-6-10(16-2)8-17-11/h6,8-9,14H,3-5,7H2,1-2H3,(H,13,15). The molecular formula is C12H19NO3S. The van der Waals surface area contributed by atoms with Crippen molar-refractivity contribution in [3.05, 3.63) is 16.3 Å². The summed E-state index contributed by atoms with van der Waals surface area (Å²) in [5.41, 5.74) is 0. The molecule has 0 aliphatic heterocycles. The summed E-state index contributed by atoms with van der Waals surface area (Å²) in [5.74, 6) is 0.975. The number of rotatable bonds is 7. The molecule has 1 aromatic rings. The molecule has 0 aliphatic rings. The van der Waals surface area contributed by atoms with Crippen molar-refractivity contribution in [1.82, 2.24) is 5.32 Å². The van der Waals surface area contributed by atoms with Gasteiger partial charge in [0.25, 0.3) is 5.91 Å². The summed E-state index contributed by atoms with van der Waals surface area (Å²) in [5, 5.41) is 13.5. The minimum Gasteiger partial charge on any atom is -0.496 e. The molecule has 0 aliphatic carbocycles. The molecule has 0 bridgehead atoms. The van der Waals surface area contributed by atoms with Gasteiger partial charge in [0.1, 0.15) is 5.75 Å². The number of amides is 1. The first kappa shape index (κ1) is 14.0.